The van der Waals surface area contributed by atoms with Gasteiger partial charge < -0.3 is 9.52 Å². The summed E-state index contributed by atoms with van der Waals surface area (Å²) in [5.74, 6) is -0.868. The molecule has 4 nitrogen and oxygen atoms in total. The molecule has 0 aliphatic rings. The number of carboxylic acid groups (broad SMARTS) is 1. The van der Waals surface area contributed by atoms with E-state index in [-0.39, 0.29) is 11.8 Å². The number of fused-ring (bicyclic) bond motifs is 2. The lowest BCUT2D eigenvalue weighted by molar-refractivity contribution is -0.136. The topological polar surface area (TPSA) is 67.5 Å². The zero-order valence-electron chi connectivity index (χ0n) is 12.5. The predicted octanol–water partition coefficient (Wildman–Crippen LogP) is 3.58. The first-order valence-corrected chi connectivity index (χ1v) is 7.15. The number of benzene rings is 2. The maximum absolute atomic E-state index is 12.7. The molecular weight excluding hydrogens is 280 g/mol. The molecule has 22 heavy (non-hydrogen) atoms. The molecule has 0 radical (unpaired) electrons. The highest BCUT2D eigenvalue weighted by molar-refractivity contribution is 5.92. The summed E-state index contributed by atoms with van der Waals surface area (Å²) < 4.78 is 6.01. The van der Waals surface area contributed by atoms with Crippen LogP contribution in [0, 0.1) is 13.8 Å². The lowest BCUT2D eigenvalue weighted by atomic mass is 10.0. The van der Waals surface area contributed by atoms with Crippen LogP contribution in [0.1, 0.15) is 23.1 Å². The van der Waals surface area contributed by atoms with Gasteiger partial charge in [0.1, 0.15) is 11.2 Å². The molecule has 0 unspecified atom stereocenters. The van der Waals surface area contributed by atoms with Gasteiger partial charge in [-0.05, 0) is 49.1 Å². The minimum Gasteiger partial charge on any atom is -0.481 e. The molecule has 0 aliphatic heterocycles. The Morgan fingerprint density at radius 3 is 2.55 bits per heavy atom. The summed E-state index contributed by atoms with van der Waals surface area (Å²) >= 11 is 0. The molecule has 0 atom stereocenters. The monoisotopic (exact) mass is 296 g/mol. The number of rotatable bonds is 3. The van der Waals surface area contributed by atoms with Crippen LogP contribution in [-0.4, -0.2) is 11.1 Å². The van der Waals surface area contributed by atoms with Crippen LogP contribution < -0.4 is 5.43 Å². The van der Waals surface area contributed by atoms with E-state index in [0.717, 1.165) is 16.7 Å². The number of aliphatic carboxylic acids is 1. The van der Waals surface area contributed by atoms with Gasteiger partial charge in [0.2, 0.25) is 5.43 Å². The molecule has 3 aromatic rings. The molecule has 0 saturated carbocycles. The van der Waals surface area contributed by atoms with Gasteiger partial charge in [-0.1, -0.05) is 18.2 Å². The van der Waals surface area contributed by atoms with Gasteiger partial charge in [0.05, 0.1) is 10.8 Å². The maximum Gasteiger partial charge on any atom is 0.303 e. The highest BCUT2D eigenvalue weighted by atomic mass is 16.4. The maximum atomic E-state index is 12.7. The summed E-state index contributed by atoms with van der Waals surface area (Å²) in [4.78, 5) is 23.5. The molecule has 0 spiro atoms. The lowest BCUT2D eigenvalue weighted by Crippen LogP contribution is -2.05. The van der Waals surface area contributed by atoms with Gasteiger partial charge in [-0.2, -0.15) is 0 Å². The molecule has 3 rings (SSSR count). The van der Waals surface area contributed by atoms with Crippen LogP contribution in [0.15, 0.2) is 39.5 Å². The van der Waals surface area contributed by atoms with Crippen LogP contribution in [0.3, 0.4) is 0 Å². The fraction of sp³-hybridized carbons (Fsp3) is 0.222. The van der Waals surface area contributed by atoms with Crippen LogP contribution >= 0.6 is 0 Å². The van der Waals surface area contributed by atoms with Crippen molar-refractivity contribution in [1.29, 1.82) is 0 Å². The van der Waals surface area contributed by atoms with Crippen molar-refractivity contribution < 1.29 is 14.3 Å². The number of aryl methyl sites for hydroxylation is 3. The van der Waals surface area contributed by atoms with E-state index >= 15 is 0 Å². The van der Waals surface area contributed by atoms with Crippen LogP contribution in [0.5, 0.6) is 0 Å². The Bertz CT molecular complexity index is 951. The van der Waals surface area contributed by atoms with Crippen molar-refractivity contribution in [2.75, 3.05) is 0 Å². The largest absolute Gasteiger partial charge is 0.481 e. The normalized spacial score (nSPS) is 11.2. The SMILES string of the molecule is Cc1ccc2c(=O)c3cccc(CCC(=O)O)c3oc2c1C. The Hall–Kier alpha value is -2.62. The first-order valence-electron chi connectivity index (χ1n) is 7.15. The number of hydrogen-bond acceptors (Lipinski definition) is 3. The van der Waals surface area contributed by atoms with E-state index in [4.69, 9.17) is 9.52 Å². The fourth-order valence-corrected chi connectivity index (χ4v) is 2.67. The average molecular weight is 296 g/mol. The quantitative estimate of drug-likeness (QED) is 0.750. The second-order valence-electron chi connectivity index (χ2n) is 5.50. The number of para-hydroxylation sites is 1. The van der Waals surface area contributed by atoms with E-state index in [2.05, 4.69) is 0 Å². The number of hydrogen-bond donors (Lipinski definition) is 1. The Kier molecular flexibility index (Phi) is 3.45. The minimum absolute atomic E-state index is 0.00760. The molecule has 0 amide bonds. The van der Waals surface area contributed by atoms with Gasteiger partial charge in [-0.15, -0.1) is 0 Å². The molecule has 4 heteroatoms. The van der Waals surface area contributed by atoms with Gasteiger partial charge in [0.15, 0.2) is 0 Å². The zero-order chi connectivity index (χ0) is 15.9. The highest BCUT2D eigenvalue weighted by Gasteiger charge is 2.13. The third kappa shape index (κ3) is 2.26. The van der Waals surface area contributed by atoms with Gasteiger partial charge in [0.25, 0.3) is 0 Å². The average Bonchev–Trinajstić information content (AvgIpc) is 2.49. The molecule has 0 fully saturated rings. The van der Waals surface area contributed by atoms with E-state index in [1.807, 2.05) is 26.0 Å². The third-order valence-electron chi connectivity index (χ3n) is 4.07. The highest BCUT2D eigenvalue weighted by Crippen LogP contribution is 2.26. The van der Waals surface area contributed by atoms with Crippen molar-refractivity contribution in [3.63, 3.8) is 0 Å². The Morgan fingerprint density at radius 1 is 1.09 bits per heavy atom. The summed E-state index contributed by atoms with van der Waals surface area (Å²) in [6.07, 6.45) is 0.347. The fourth-order valence-electron chi connectivity index (χ4n) is 2.67. The summed E-state index contributed by atoms with van der Waals surface area (Å²) in [6.45, 7) is 3.89. The van der Waals surface area contributed by atoms with E-state index in [9.17, 15) is 9.59 Å². The Morgan fingerprint density at radius 2 is 1.82 bits per heavy atom. The Balaban J connectivity index is 2.35. The molecule has 1 aromatic heterocycles. The van der Waals surface area contributed by atoms with Crippen LogP contribution in [0.25, 0.3) is 21.9 Å². The molecule has 112 valence electrons. The van der Waals surface area contributed by atoms with Crippen molar-refractivity contribution in [3.05, 3.63) is 57.2 Å². The first kappa shape index (κ1) is 14.3. The number of carboxylic acids is 1. The summed E-state index contributed by atoms with van der Waals surface area (Å²) in [5.41, 5.74) is 3.74. The van der Waals surface area contributed by atoms with Gasteiger partial charge >= 0.3 is 5.97 Å². The predicted molar refractivity (Wildman–Crippen MR) is 85.4 cm³/mol. The second kappa shape index (κ2) is 5.30. The van der Waals surface area contributed by atoms with Crippen molar-refractivity contribution in [2.24, 2.45) is 0 Å². The summed E-state index contributed by atoms with van der Waals surface area (Å²) in [7, 11) is 0. The number of carbonyl (C=O) groups is 1. The third-order valence-corrected chi connectivity index (χ3v) is 4.07. The molecule has 0 saturated heterocycles. The molecular formula is C18H16O4. The van der Waals surface area contributed by atoms with Crippen molar-refractivity contribution in [1.82, 2.24) is 0 Å². The van der Waals surface area contributed by atoms with Crippen LogP contribution in [-0.2, 0) is 11.2 Å². The smallest absolute Gasteiger partial charge is 0.303 e. The summed E-state index contributed by atoms with van der Waals surface area (Å²) in [6, 6.07) is 9.00. The molecule has 1 heterocycles. The van der Waals surface area contributed by atoms with E-state index in [0.29, 0.717) is 28.4 Å². The van der Waals surface area contributed by atoms with Crippen molar-refractivity contribution in [3.8, 4) is 0 Å². The molecule has 2 aromatic carbocycles. The van der Waals surface area contributed by atoms with Crippen LogP contribution in [0.4, 0.5) is 0 Å². The van der Waals surface area contributed by atoms with E-state index in [1.54, 1.807) is 18.2 Å². The first-order chi connectivity index (χ1) is 10.5. The lowest BCUT2D eigenvalue weighted by Gasteiger charge is -2.09. The molecule has 0 bridgehead atoms. The zero-order valence-corrected chi connectivity index (χ0v) is 12.5. The van der Waals surface area contributed by atoms with Crippen molar-refractivity contribution >= 4 is 27.9 Å². The van der Waals surface area contributed by atoms with E-state index < -0.39 is 5.97 Å². The van der Waals surface area contributed by atoms with Gasteiger partial charge in [-0.25, -0.2) is 0 Å². The van der Waals surface area contributed by atoms with Gasteiger partial charge in [-0.3, -0.25) is 9.59 Å². The minimum atomic E-state index is -0.868. The standard InChI is InChI=1S/C18H16O4/c1-10-6-8-14-16(21)13-5-3-4-12(7-9-15(19)20)18(13)22-17(14)11(10)2/h3-6,8H,7,9H2,1-2H3,(H,19,20). The van der Waals surface area contributed by atoms with E-state index in [1.165, 1.54) is 0 Å². The summed E-state index contributed by atoms with van der Waals surface area (Å²) in [5, 5.41) is 9.92. The van der Waals surface area contributed by atoms with Crippen molar-refractivity contribution in [2.45, 2.75) is 26.7 Å². The van der Waals surface area contributed by atoms with Gasteiger partial charge in [0, 0.05) is 6.42 Å². The second-order valence-corrected chi connectivity index (χ2v) is 5.50. The van der Waals surface area contributed by atoms with Crippen LogP contribution in [0.2, 0.25) is 0 Å². The Labute approximate surface area is 127 Å². The molecule has 0 aliphatic carbocycles. The molecule has 1 N–H and O–H groups in total.